The molecule has 0 radical (unpaired) electrons. The molecule has 86 valence electrons. The predicted molar refractivity (Wildman–Crippen MR) is 67.3 cm³/mol. The molecule has 0 aliphatic carbocycles. The van der Waals surface area contributed by atoms with E-state index in [-0.39, 0.29) is 5.54 Å². The van der Waals surface area contributed by atoms with Gasteiger partial charge in [-0.3, -0.25) is 0 Å². The molecular weight excluding hydrogens is 204 g/mol. The highest BCUT2D eigenvalue weighted by Gasteiger charge is 2.24. The van der Waals surface area contributed by atoms with Crippen molar-refractivity contribution in [3.8, 4) is 0 Å². The summed E-state index contributed by atoms with van der Waals surface area (Å²) in [7, 11) is 0. The molecule has 2 nitrogen and oxygen atoms in total. The van der Waals surface area contributed by atoms with Gasteiger partial charge in [0.05, 0.1) is 5.54 Å². The zero-order valence-corrected chi connectivity index (χ0v) is 11.0. The maximum atomic E-state index is 4.38. The molecule has 0 aromatic carbocycles. The van der Waals surface area contributed by atoms with Crippen molar-refractivity contribution >= 4 is 11.3 Å². The van der Waals surface area contributed by atoms with Gasteiger partial charge in [0.2, 0.25) is 0 Å². The number of thiazole rings is 1. The lowest BCUT2D eigenvalue weighted by molar-refractivity contribution is 0.336. The molecule has 0 amide bonds. The van der Waals surface area contributed by atoms with Crippen molar-refractivity contribution in [2.24, 2.45) is 0 Å². The summed E-state index contributed by atoms with van der Waals surface area (Å²) < 4.78 is 0. The summed E-state index contributed by atoms with van der Waals surface area (Å²) in [4.78, 5) is 4.38. The number of aromatic nitrogens is 1. The Kier molecular flexibility index (Phi) is 4.74. The lowest BCUT2D eigenvalue weighted by Gasteiger charge is -2.28. The molecule has 0 aliphatic heterocycles. The van der Waals surface area contributed by atoms with Crippen molar-refractivity contribution in [1.82, 2.24) is 10.3 Å². The average molecular weight is 226 g/mol. The van der Waals surface area contributed by atoms with E-state index in [1.807, 2.05) is 11.6 Å². The second kappa shape index (κ2) is 5.61. The van der Waals surface area contributed by atoms with Crippen LogP contribution in [-0.2, 0) is 5.54 Å². The van der Waals surface area contributed by atoms with Crippen LogP contribution in [-0.4, -0.2) is 11.0 Å². The van der Waals surface area contributed by atoms with Crippen LogP contribution < -0.4 is 5.32 Å². The van der Waals surface area contributed by atoms with Gasteiger partial charge in [-0.2, -0.15) is 0 Å². The fourth-order valence-electron chi connectivity index (χ4n) is 1.79. The minimum absolute atomic E-state index is 0.00131. The molecule has 1 heterocycles. The summed E-state index contributed by atoms with van der Waals surface area (Å²) in [5.74, 6) is 0. The normalized spacial score (nSPS) is 14.1. The number of nitrogens with one attached hydrogen (secondary N) is 1. The Morgan fingerprint density at radius 3 is 2.80 bits per heavy atom. The molecule has 3 heteroatoms. The number of hydrogen-bond acceptors (Lipinski definition) is 3. The lowest BCUT2D eigenvalue weighted by atomic mass is 10.0. The topological polar surface area (TPSA) is 24.9 Å². The number of rotatable bonds is 6. The van der Waals surface area contributed by atoms with E-state index >= 15 is 0 Å². The van der Waals surface area contributed by atoms with E-state index in [4.69, 9.17) is 0 Å². The molecule has 0 saturated carbocycles. The molecule has 1 rings (SSSR count). The van der Waals surface area contributed by atoms with E-state index in [1.54, 1.807) is 11.3 Å². The summed E-state index contributed by atoms with van der Waals surface area (Å²) in [6.45, 7) is 8.90. The zero-order chi connectivity index (χ0) is 11.3. The number of nitrogens with zero attached hydrogens (tertiary/aromatic N) is 1. The number of unbranched alkanes of at least 4 members (excludes halogenated alkanes) is 1. The molecule has 1 aromatic heterocycles. The van der Waals surface area contributed by atoms with Gasteiger partial charge in [0.25, 0.3) is 0 Å². The summed E-state index contributed by atoms with van der Waals surface area (Å²) in [5, 5.41) is 6.85. The molecule has 1 aromatic rings. The predicted octanol–water partition coefficient (Wildman–Crippen LogP) is 3.55. The Morgan fingerprint density at radius 2 is 2.27 bits per heavy atom. The fourth-order valence-corrected chi connectivity index (χ4v) is 2.52. The van der Waals surface area contributed by atoms with E-state index in [0.717, 1.165) is 0 Å². The van der Waals surface area contributed by atoms with Gasteiger partial charge in [-0.25, -0.2) is 4.98 Å². The zero-order valence-electron chi connectivity index (χ0n) is 10.2. The summed E-state index contributed by atoms with van der Waals surface area (Å²) in [6.07, 6.45) is 5.68. The Balaban J connectivity index is 2.49. The third kappa shape index (κ3) is 3.92. The Bertz CT molecular complexity index is 267. The first-order chi connectivity index (χ1) is 7.06. The van der Waals surface area contributed by atoms with Crippen molar-refractivity contribution in [2.45, 2.75) is 58.5 Å². The molecule has 1 N–H and O–H groups in total. The first-order valence-corrected chi connectivity index (χ1v) is 6.62. The fraction of sp³-hybridized carbons (Fsp3) is 0.750. The van der Waals surface area contributed by atoms with E-state index in [1.165, 1.54) is 24.3 Å². The molecule has 0 bridgehead atoms. The molecule has 1 atom stereocenters. The lowest BCUT2D eigenvalue weighted by Crippen LogP contribution is -2.42. The van der Waals surface area contributed by atoms with Crippen molar-refractivity contribution in [3.05, 3.63) is 16.6 Å². The van der Waals surface area contributed by atoms with Gasteiger partial charge in [-0.05, 0) is 27.2 Å². The monoisotopic (exact) mass is 226 g/mol. The van der Waals surface area contributed by atoms with Gasteiger partial charge >= 0.3 is 0 Å². The smallest absolute Gasteiger partial charge is 0.112 e. The highest BCUT2D eigenvalue weighted by Crippen LogP contribution is 2.23. The Morgan fingerprint density at radius 1 is 1.53 bits per heavy atom. The van der Waals surface area contributed by atoms with Gasteiger partial charge in [-0.15, -0.1) is 11.3 Å². The van der Waals surface area contributed by atoms with Crippen LogP contribution >= 0.6 is 11.3 Å². The molecule has 0 saturated heterocycles. The van der Waals surface area contributed by atoms with Crippen LogP contribution in [0.3, 0.4) is 0 Å². The van der Waals surface area contributed by atoms with Gasteiger partial charge in [0.1, 0.15) is 5.01 Å². The second-order valence-corrected chi connectivity index (χ2v) is 5.54. The molecular formula is C12H22N2S. The van der Waals surface area contributed by atoms with Crippen molar-refractivity contribution in [1.29, 1.82) is 0 Å². The second-order valence-electron chi connectivity index (χ2n) is 4.65. The van der Waals surface area contributed by atoms with Crippen LogP contribution in [0.4, 0.5) is 0 Å². The van der Waals surface area contributed by atoms with Crippen LogP contribution in [0, 0.1) is 0 Å². The maximum Gasteiger partial charge on any atom is 0.112 e. The summed E-state index contributed by atoms with van der Waals surface area (Å²) in [6, 6.07) is 0.559. The van der Waals surface area contributed by atoms with Crippen molar-refractivity contribution < 1.29 is 0 Å². The van der Waals surface area contributed by atoms with Gasteiger partial charge < -0.3 is 5.32 Å². The first kappa shape index (κ1) is 12.7. The molecule has 15 heavy (non-hydrogen) atoms. The molecule has 0 spiro atoms. The molecule has 1 unspecified atom stereocenters. The van der Waals surface area contributed by atoms with E-state index in [0.29, 0.717) is 6.04 Å². The van der Waals surface area contributed by atoms with Gasteiger partial charge in [0.15, 0.2) is 0 Å². The average Bonchev–Trinajstić information content (AvgIpc) is 2.67. The first-order valence-electron chi connectivity index (χ1n) is 5.74. The van der Waals surface area contributed by atoms with Crippen molar-refractivity contribution in [2.75, 3.05) is 0 Å². The quantitative estimate of drug-likeness (QED) is 0.802. The van der Waals surface area contributed by atoms with Crippen LogP contribution in [0.2, 0.25) is 0 Å². The molecule has 0 fully saturated rings. The van der Waals surface area contributed by atoms with Gasteiger partial charge in [-0.1, -0.05) is 19.8 Å². The maximum absolute atomic E-state index is 4.38. The molecule has 0 aliphatic rings. The van der Waals surface area contributed by atoms with Crippen LogP contribution in [0.1, 0.15) is 52.0 Å². The van der Waals surface area contributed by atoms with E-state index in [9.17, 15) is 0 Å². The minimum atomic E-state index is 0.00131. The van der Waals surface area contributed by atoms with E-state index in [2.05, 4.69) is 38.0 Å². The Labute approximate surface area is 97.1 Å². The van der Waals surface area contributed by atoms with Crippen LogP contribution in [0.25, 0.3) is 0 Å². The van der Waals surface area contributed by atoms with Crippen LogP contribution in [0.5, 0.6) is 0 Å². The standard InChI is InChI=1S/C12H22N2S/c1-5-6-7-10(2)14-12(3,4)11-13-8-9-15-11/h8-10,14H,5-7H2,1-4H3. The Hall–Kier alpha value is -0.410. The highest BCUT2D eigenvalue weighted by molar-refractivity contribution is 7.09. The van der Waals surface area contributed by atoms with Gasteiger partial charge in [0, 0.05) is 17.6 Å². The number of hydrogen-bond donors (Lipinski definition) is 1. The minimum Gasteiger partial charge on any atom is -0.303 e. The third-order valence-corrected chi connectivity index (χ3v) is 3.66. The van der Waals surface area contributed by atoms with Crippen LogP contribution in [0.15, 0.2) is 11.6 Å². The SMILES string of the molecule is CCCCC(C)NC(C)(C)c1nccs1. The largest absolute Gasteiger partial charge is 0.303 e. The van der Waals surface area contributed by atoms with E-state index < -0.39 is 0 Å². The highest BCUT2D eigenvalue weighted by atomic mass is 32.1. The van der Waals surface area contributed by atoms with Crippen molar-refractivity contribution in [3.63, 3.8) is 0 Å². The summed E-state index contributed by atoms with van der Waals surface area (Å²) in [5.41, 5.74) is 0.00131. The summed E-state index contributed by atoms with van der Waals surface area (Å²) >= 11 is 1.72. The third-order valence-electron chi connectivity index (χ3n) is 2.56.